The van der Waals surface area contributed by atoms with Gasteiger partial charge in [0.1, 0.15) is 6.33 Å². The van der Waals surface area contributed by atoms with Crippen molar-refractivity contribution in [2.24, 2.45) is 5.41 Å². The van der Waals surface area contributed by atoms with Crippen LogP contribution >= 0.6 is 11.3 Å². The second-order valence-electron chi connectivity index (χ2n) is 6.53. The van der Waals surface area contributed by atoms with Crippen molar-refractivity contribution in [3.63, 3.8) is 0 Å². The summed E-state index contributed by atoms with van der Waals surface area (Å²) >= 11 is 1.73. The maximum Gasteiger partial charge on any atom is 0.234 e. The molecule has 0 saturated carbocycles. The molecular weight excluding hydrogens is 308 g/mol. The van der Waals surface area contributed by atoms with Crippen LogP contribution in [0.5, 0.6) is 0 Å². The van der Waals surface area contributed by atoms with E-state index in [9.17, 15) is 4.79 Å². The summed E-state index contributed by atoms with van der Waals surface area (Å²) in [6.45, 7) is 3.68. The fourth-order valence-corrected chi connectivity index (χ4v) is 4.54. The van der Waals surface area contributed by atoms with Crippen LogP contribution in [0.1, 0.15) is 24.8 Å². The molecule has 4 rings (SSSR count). The number of amides is 1. The molecule has 5 nitrogen and oxygen atoms in total. The molecule has 2 saturated heterocycles. The third kappa shape index (κ3) is 2.77. The van der Waals surface area contributed by atoms with Crippen molar-refractivity contribution < 1.29 is 4.79 Å². The lowest BCUT2D eigenvalue weighted by molar-refractivity contribution is -0.128. The molecule has 23 heavy (non-hydrogen) atoms. The Hall–Kier alpha value is -1.79. The molecule has 1 spiro atoms. The molecule has 4 heterocycles. The molecule has 0 N–H and O–H groups in total. The fourth-order valence-electron chi connectivity index (χ4n) is 3.88. The fraction of sp³-hybridized carbons (Fsp3) is 0.471. The number of rotatable bonds is 3. The van der Waals surface area contributed by atoms with Crippen molar-refractivity contribution in [1.82, 2.24) is 14.9 Å². The monoisotopic (exact) mass is 328 g/mol. The van der Waals surface area contributed by atoms with Crippen LogP contribution in [0.15, 0.2) is 35.5 Å². The van der Waals surface area contributed by atoms with Crippen LogP contribution < -0.4 is 4.90 Å². The third-order valence-corrected chi connectivity index (χ3v) is 5.75. The molecule has 1 atom stereocenters. The number of likely N-dealkylation sites (tertiary alicyclic amines) is 1. The average molecular weight is 328 g/mol. The van der Waals surface area contributed by atoms with E-state index in [0.717, 1.165) is 51.1 Å². The minimum absolute atomic E-state index is 0.218. The Morgan fingerprint density at radius 2 is 2.09 bits per heavy atom. The van der Waals surface area contributed by atoms with Crippen LogP contribution in [0.2, 0.25) is 0 Å². The first-order chi connectivity index (χ1) is 11.3. The zero-order valence-corrected chi connectivity index (χ0v) is 13.8. The van der Waals surface area contributed by atoms with Crippen molar-refractivity contribution in [3.8, 4) is 0 Å². The molecule has 2 aromatic rings. The van der Waals surface area contributed by atoms with Crippen LogP contribution in [0.3, 0.4) is 0 Å². The van der Waals surface area contributed by atoms with Crippen LogP contribution in [0.25, 0.3) is 0 Å². The standard InChI is InChI=1S/C17H20N4OS/c22-16-17(4-6-21(16)15-8-18-13-19-9-15)3-1-5-20(12-17)10-14-2-7-23-11-14/h2,7-9,11,13H,1,3-6,10,12H2/t17-/m1/s1. The zero-order valence-electron chi connectivity index (χ0n) is 13.0. The summed E-state index contributed by atoms with van der Waals surface area (Å²) in [5.74, 6) is 0.252. The number of hydrogen-bond acceptors (Lipinski definition) is 5. The first-order valence-corrected chi connectivity index (χ1v) is 9.02. The summed E-state index contributed by atoms with van der Waals surface area (Å²) in [6.07, 6.45) is 7.99. The summed E-state index contributed by atoms with van der Waals surface area (Å²) in [6, 6.07) is 2.18. The molecular formula is C17H20N4OS. The Morgan fingerprint density at radius 3 is 2.87 bits per heavy atom. The van der Waals surface area contributed by atoms with E-state index in [1.165, 1.54) is 11.9 Å². The smallest absolute Gasteiger partial charge is 0.234 e. The highest BCUT2D eigenvalue weighted by Crippen LogP contribution is 2.41. The van der Waals surface area contributed by atoms with Gasteiger partial charge in [-0.3, -0.25) is 9.69 Å². The van der Waals surface area contributed by atoms with Crippen molar-refractivity contribution in [1.29, 1.82) is 0 Å². The molecule has 1 amide bonds. The molecule has 0 radical (unpaired) electrons. The highest BCUT2D eigenvalue weighted by atomic mass is 32.1. The molecule has 0 aliphatic carbocycles. The molecule has 2 aromatic heterocycles. The summed E-state index contributed by atoms with van der Waals surface area (Å²) in [5, 5.41) is 4.32. The SMILES string of the molecule is O=C1N(c2cncnc2)CC[C@@]12CCCN(Cc1ccsc1)C2. The lowest BCUT2D eigenvalue weighted by atomic mass is 9.78. The number of hydrogen-bond donors (Lipinski definition) is 0. The second-order valence-corrected chi connectivity index (χ2v) is 7.31. The molecule has 0 aromatic carbocycles. The van der Waals surface area contributed by atoms with E-state index in [-0.39, 0.29) is 11.3 Å². The summed E-state index contributed by atoms with van der Waals surface area (Å²) in [5.41, 5.74) is 1.96. The van der Waals surface area contributed by atoms with E-state index in [4.69, 9.17) is 0 Å². The van der Waals surface area contributed by atoms with E-state index in [0.29, 0.717) is 0 Å². The highest BCUT2D eigenvalue weighted by molar-refractivity contribution is 7.07. The quantitative estimate of drug-likeness (QED) is 0.869. The Labute approximate surface area is 140 Å². The van der Waals surface area contributed by atoms with Crippen LogP contribution in [-0.4, -0.2) is 40.4 Å². The molecule has 0 bridgehead atoms. The number of aromatic nitrogens is 2. The van der Waals surface area contributed by atoms with Gasteiger partial charge in [0.15, 0.2) is 0 Å². The number of carbonyl (C=O) groups is 1. The number of thiophene rings is 1. The van der Waals surface area contributed by atoms with E-state index in [1.54, 1.807) is 23.7 Å². The van der Waals surface area contributed by atoms with Crippen molar-refractivity contribution in [2.45, 2.75) is 25.8 Å². The zero-order chi connectivity index (χ0) is 15.7. The van der Waals surface area contributed by atoms with Gasteiger partial charge < -0.3 is 4.90 Å². The number of piperidine rings is 1. The lowest BCUT2D eigenvalue weighted by Crippen LogP contribution is -2.47. The molecule has 6 heteroatoms. The van der Waals surface area contributed by atoms with Crippen LogP contribution in [0.4, 0.5) is 5.69 Å². The Balaban J connectivity index is 1.51. The summed E-state index contributed by atoms with van der Waals surface area (Å²) in [7, 11) is 0. The molecule has 0 unspecified atom stereocenters. The maximum atomic E-state index is 13.1. The second kappa shape index (κ2) is 6.02. The van der Waals surface area contributed by atoms with Crippen molar-refractivity contribution in [2.75, 3.05) is 24.5 Å². The van der Waals surface area contributed by atoms with Gasteiger partial charge in [-0.1, -0.05) is 0 Å². The molecule has 2 fully saturated rings. The van der Waals surface area contributed by atoms with Gasteiger partial charge in [-0.2, -0.15) is 11.3 Å². The van der Waals surface area contributed by atoms with Gasteiger partial charge in [0.25, 0.3) is 0 Å². The van der Waals surface area contributed by atoms with Gasteiger partial charge >= 0.3 is 0 Å². The van der Waals surface area contributed by atoms with Gasteiger partial charge in [-0.05, 0) is 48.2 Å². The van der Waals surface area contributed by atoms with Gasteiger partial charge in [0, 0.05) is 19.6 Å². The first kappa shape index (κ1) is 14.8. The molecule has 120 valence electrons. The number of anilines is 1. The van der Waals surface area contributed by atoms with E-state index < -0.39 is 0 Å². The predicted molar refractivity (Wildman–Crippen MR) is 90.3 cm³/mol. The van der Waals surface area contributed by atoms with Crippen LogP contribution in [0, 0.1) is 5.41 Å². The maximum absolute atomic E-state index is 13.1. The molecule has 2 aliphatic heterocycles. The lowest BCUT2D eigenvalue weighted by Gasteiger charge is -2.39. The summed E-state index contributed by atoms with van der Waals surface area (Å²) in [4.78, 5) is 25.5. The van der Waals surface area contributed by atoms with Crippen LogP contribution in [-0.2, 0) is 11.3 Å². The number of nitrogens with zero attached hydrogens (tertiary/aromatic N) is 4. The van der Waals surface area contributed by atoms with Gasteiger partial charge in [-0.25, -0.2) is 9.97 Å². The Morgan fingerprint density at radius 1 is 1.22 bits per heavy atom. The average Bonchev–Trinajstić information content (AvgIpc) is 3.19. The van der Waals surface area contributed by atoms with E-state index >= 15 is 0 Å². The van der Waals surface area contributed by atoms with Crippen molar-refractivity contribution in [3.05, 3.63) is 41.1 Å². The van der Waals surface area contributed by atoms with Gasteiger partial charge in [0.05, 0.1) is 23.5 Å². The topological polar surface area (TPSA) is 49.3 Å². The Bertz CT molecular complexity index is 675. The van der Waals surface area contributed by atoms with Gasteiger partial charge in [0.2, 0.25) is 5.91 Å². The largest absolute Gasteiger partial charge is 0.309 e. The Kier molecular flexibility index (Phi) is 3.87. The predicted octanol–water partition coefficient (Wildman–Crippen LogP) is 2.56. The third-order valence-electron chi connectivity index (χ3n) is 5.01. The minimum atomic E-state index is -0.218. The number of carbonyl (C=O) groups excluding carboxylic acids is 1. The van der Waals surface area contributed by atoms with Crippen molar-refractivity contribution >= 4 is 22.9 Å². The summed E-state index contributed by atoms with van der Waals surface area (Å²) < 4.78 is 0. The van der Waals surface area contributed by atoms with E-state index in [2.05, 4.69) is 31.7 Å². The highest BCUT2D eigenvalue weighted by Gasteiger charge is 2.49. The minimum Gasteiger partial charge on any atom is -0.309 e. The van der Waals surface area contributed by atoms with Gasteiger partial charge in [-0.15, -0.1) is 0 Å². The first-order valence-electron chi connectivity index (χ1n) is 8.07. The normalized spacial score (nSPS) is 25.4. The van der Waals surface area contributed by atoms with E-state index in [1.807, 2.05) is 4.90 Å². The molecule has 2 aliphatic rings.